The summed E-state index contributed by atoms with van der Waals surface area (Å²) >= 11 is 0. The summed E-state index contributed by atoms with van der Waals surface area (Å²) in [5.41, 5.74) is 0.662. The predicted molar refractivity (Wildman–Crippen MR) is 81.1 cm³/mol. The second-order valence-corrected chi connectivity index (χ2v) is 4.36. The minimum atomic E-state index is 0.0694. The van der Waals surface area contributed by atoms with Crippen molar-refractivity contribution in [3.63, 3.8) is 0 Å². The Morgan fingerprint density at radius 1 is 0.857 bits per heavy atom. The van der Waals surface area contributed by atoms with Crippen molar-refractivity contribution in [3.8, 4) is 5.75 Å². The normalized spacial score (nSPS) is 10.5. The molecule has 0 bridgehead atoms. The summed E-state index contributed by atoms with van der Waals surface area (Å²) in [6.07, 6.45) is 1.67. The number of fused-ring (bicyclic) bond motifs is 1. The summed E-state index contributed by atoms with van der Waals surface area (Å²) in [5, 5.41) is 35.7. The molecule has 0 aliphatic heterocycles. The Kier molecular flexibility index (Phi) is 8.30. The van der Waals surface area contributed by atoms with Gasteiger partial charge in [-0.15, -0.1) is 0 Å². The lowest BCUT2D eigenvalue weighted by Crippen LogP contribution is -2.32. The number of hydrogen-bond donors (Lipinski definition) is 4. The maximum absolute atomic E-state index is 9.31. The van der Waals surface area contributed by atoms with Gasteiger partial charge in [0.05, 0.1) is 19.8 Å². The Morgan fingerprint density at radius 3 is 1.95 bits per heavy atom. The molecule has 6 nitrogen and oxygen atoms in total. The van der Waals surface area contributed by atoms with Crippen molar-refractivity contribution in [1.82, 2.24) is 9.88 Å². The smallest absolute Gasteiger partial charge is 0.141 e. The van der Waals surface area contributed by atoms with Crippen molar-refractivity contribution in [2.45, 2.75) is 0 Å². The molecule has 0 saturated heterocycles. The molecule has 4 N–H and O–H groups in total. The molecule has 2 aromatic rings. The first-order valence-electron chi connectivity index (χ1n) is 6.80. The standard InChI is InChI=1S/C9H7NO.C6H15NO3/c11-8-5-1-3-7-4-2-6-10-9(7)8;8-4-1-7(2-5-9)3-6-10/h1-6,11H;8-10H,1-6H2. The highest BCUT2D eigenvalue weighted by atomic mass is 16.3. The molecule has 1 aromatic carbocycles. The van der Waals surface area contributed by atoms with E-state index in [4.69, 9.17) is 15.3 Å². The molecule has 0 spiro atoms. The SMILES string of the molecule is OCCN(CCO)CCO.Oc1cccc2cccnc12. The van der Waals surface area contributed by atoms with Gasteiger partial charge < -0.3 is 20.4 Å². The molecule has 0 saturated carbocycles. The fourth-order valence-electron chi connectivity index (χ4n) is 1.85. The van der Waals surface area contributed by atoms with Crippen LogP contribution in [0.3, 0.4) is 0 Å². The molecule has 21 heavy (non-hydrogen) atoms. The van der Waals surface area contributed by atoms with Crippen LogP contribution in [0, 0.1) is 0 Å². The van der Waals surface area contributed by atoms with Gasteiger partial charge in [-0.1, -0.05) is 18.2 Å². The fraction of sp³-hybridized carbons (Fsp3) is 0.400. The van der Waals surface area contributed by atoms with E-state index in [0.29, 0.717) is 25.2 Å². The number of para-hydroxylation sites is 1. The number of aliphatic hydroxyl groups excluding tert-OH is 3. The Labute approximate surface area is 123 Å². The van der Waals surface area contributed by atoms with Crippen LogP contribution < -0.4 is 0 Å². The number of nitrogens with zero attached hydrogens (tertiary/aromatic N) is 2. The van der Waals surface area contributed by atoms with Crippen LogP contribution in [0.1, 0.15) is 0 Å². The van der Waals surface area contributed by atoms with E-state index in [-0.39, 0.29) is 25.6 Å². The third kappa shape index (κ3) is 6.05. The summed E-state index contributed by atoms with van der Waals surface area (Å²) in [7, 11) is 0. The number of rotatable bonds is 6. The van der Waals surface area contributed by atoms with Crippen LogP contribution >= 0.6 is 0 Å². The van der Waals surface area contributed by atoms with E-state index in [1.165, 1.54) is 0 Å². The largest absolute Gasteiger partial charge is 0.506 e. The van der Waals surface area contributed by atoms with Gasteiger partial charge in [0.2, 0.25) is 0 Å². The molecule has 0 aliphatic rings. The third-order valence-corrected chi connectivity index (χ3v) is 2.86. The van der Waals surface area contributed by atoms with Crippen molar-refractivity contribution < 1.29 is 20.4 Å². The number of aliphatic hydroxyl groups is 3. The molecule has 0 radical (unpaired) electrons. The summed E-state index contributed by atoms with van der Waals surface area (Å²) in [6, 6.07) is 9.13. The number of pyridine rings is 1. The van der Waals surface area contributed by atoms with Gasteiger partial charge >= 0.3 is 0 Å². The first-order valence-corrected chi connectivity index (χ1v) is 6.80. The summed E-state index contributed by atoms with van der Waals surface area (Å²) in [4.78, 5) is 5.82. The minimum absolute atomic E-state index is 0.0694. The Hall–Kier alpha value is -1.73. The van der Waals surface area contributed by atoms with Gasteiger partial charge in [0.1, 0.15) is 11.3 Å². The van der Waals surface area contributed by atoms with Crippen LogP contribution in [0.2, 0.25) is 0 Å². The van der Waals surface area contributed by atoms with E-state index in [2.05, 4.69) is 4.98 Å². The lowest BCUT2D eigenvalue weighted by atomic mass is 10.2. The van der Waals surface area contributed by atoms with Gasteiger partial charge in [0.15, 0.2) is 0 Å². The van der Waals surface area contributed by atoms with Gasteiger partial charge in [-0.25, -0.2) is 0 Å². The quantitative estimate of drug-likeness (QED) is 0.608. The first-order chi connectivity index (χ1) is 10.2. The van der Waals surface area contributed by atoms with Crippen LogP contribution in [-0.2, 0) is 0 Å². The van der Waals surface area contributed by atoms with E-state index in [0.717, 1.165) is 5.39 Å². The van der Waals surface area contributed by atoms with Crippen LogP contribution in [0.5, 0.6) is 5.75 Å². The Balaban J connectivity index is 0.000000212. The average molecular weight is 294 g/mol. The van der Waals surface area contributed by atoms with E-state index in [1.54, 1.807) is 23.2 Å². The predicted octanol–water partition coefficient (Wildman–Crippen LogP) is 0.206. The molecule has 2 rings (SSSR count). The molecule has 1 aromatic heterocycles. The Bertz CT molecular complexity index is 502. The molecule has 0 aliphatic carbocycles. The number of aromatic nitrogens is 1. The molecule has 6 heteroatoms. The highest BCUT2D eigenvalue weighted by Gasteiger charge is 2.00. The summed E-state index contributed by atoms with van der Waals surface area (Å²) in [5.74, 6) is 0.239. The van der Waals surface area contributed by atoms with E-state index in [1.807, 2.05) is 18.2 Å². The van der Waals surface area contributed by atoms with Gasteiger partial charge in [-0.3, -0.25) is 9.88 Å². The number of aromatic hydroxyl groups is 1. The first kappa shape index (κ1) is 17.3. The van der Waals surface area contributed by atoms with Crippen molar-refractivity contribution in [2.75, 3.05) is 39.5 Å². The molecule has 0 atom stereocenters. The maximum Gasteiger partial charge on any atom is 0.141 e. The summed E-state index contributed by atoms with van der Waals surface area (Å²) in [6.45, 7) is 1.75. The number of hydrogen-bond acceptors (Lipinski definition) is 6. The molecule has 0 unspecified atom stereocenters. The van der Waals surface area contributed by atoms with E-state index in [9.17, 15) is 5.11 Å². The topological polar surface area (TPSA) is 97.1 Å². The van der Waals surface area contributed by atoms with Crippen LogP contribution in [0.15, 0.2) is 36.5 Å². The zero-order chi connectivity index (χ0) is 15.5. The third-order valence-electron chi connectivity index (χ3n) is 2.86. The van der Waals surface area contributed by atoms with Crippen molar-refractivity contribution in [2.24, 2.45) is 0 Å². The molecular weight excluding hydrogens is 272 g/mol. The molecule has 1 heterocycles. The number of benzene rings is 1. The molecular formula is C15H22N2O4. The van der Waals surface area contributed by atoms with Crippen LogP contribution in [0.25, 0.3) is 10.9 Å². The number of phenols is 1. The second-order valence-electron chi connectivity index (χ2n) is 4.36. The van der Waals surface area contributed by atoms with E-state index >= 15 is 0 Å². The monoisotopic (exact) mass is 294 g/mol. The van der Waals surface area contributed by atoms with Crippen molar-refractivity contribution in [3.05, 3.63) is 36.5 Å². The number of phenolic OH excluding ortho intramolecular Hbond substituents is 1. The average Bonchev–Trinajstić information content (AvgIpc) is 2.49. The highest BCUT2D eigenvalue weighted by Crippen LogP contribution is 2.20. The second kappa shape index (κ2) is 10.1. The molecule has 116 valence electrons. The van der Waals surface area contributed by atoms with Crippen molar-refractivity contribution >= 4 is 10.9 Å². The van der Waals surface area contributed by atoms with Gasteiger partial charge in [-0.2, -0.15) is 0 Å². The minimum Gasteiger partial charge on any atom is -0.506 e. The lowest BCUT2D eigenvalue weighted by molar-refractivity contribution is 0.136. The lowest BCUT2D eigenvalue weighted by Gasteiger charge is -2.17. The zero-order valence-corrected chi connectivity index (χ0v) is 11.9. The molecule has 0 fully saturated rings. The van der Waals surface area contributed by atoms with E-state index < -0.39 is 0 Å². The van der Waals surface area contributed by atoms with Gasteiger partial charge in [0, 0.05) is 31.2 Å². The Morgan fingerprint density at radius 2 is 1.43 bits per heavy atom. The fourth-order valence-corrected chi connectivity index (χ4v) is 1.85. The van der Waals surface area contributed by atoms with Gasteiger partial charge in [-0.05, 0) is 12.1 Å². The highest BCUT2D eigenvalue weighted by molar-refractivity contribution is 5.83. The molecule has 0 amide bonds. The van der Waals surface area contributed by atoms with Crippen LogP contribution in [0.4, 0.5) is 0 Å². The summed E-state index contributed by atoms with van der Waals surface area (Å²) < 4.78 is 0. The van der Waals surface area contributed by atoms with Gasteiger partial charge in [0.25, 0.3) is 0 Å². The van der Waals surface area contributed by atoms with Crippen LogP contribution in [-0.4, -0.2) is 69.8 Å². The maximum atomic E-state index is 9.31. The van der Waals surface area contributed by atoms with Crippen molar-refractivity contribution in [1.29, 1.82) is 0 Å². The zero-order valence-electron chi connectivity index (χ0n) is 11.9.